The predicted octanol–water partition coefficient (Wildman–Crippen LogP) is 0.628. The molecule has 1 amide bonds. The van der Waals surface area contributed by atoms with Gasteiger partial charge in [0.1, 0.15) is 22.5 Å². The summed E-state index contributed by atoms with van der Waals surface area (Å²) in [5.41, 5.74) is 12.6. The van der Waals surface area contributed by atoms with Crippen LogP contribution < -0.4 is 37.5 Å². The maximum atomic E-state index is 13.0. The fourth-order valence-corrected chi connectivity index (χ4v) is 4.12. The van der Waals surface area contributed by atoms with E-state index in [0.29, 0.717) is 28.3 Å². The topological polar surface area (TPSA) is 149 Å². The molecule has 2 aromatic carbocycles. The Morgan fingerprint density at radius 3 is 2.50 bits per heavy atom. The van der Waals surface area contributed by atoms with Gasteiger partial charge in [-0.15, -0.1) is 0 Å². The highest BCUT2D eigenvalue weighted by Gasteiger charge is 2.38. The molecule has 10 nitrogen and oxygen atoms in total. The van der Waals surface area contributed by atoms with E-state index in [0.717, 1.165) is 0 Å². The number of hydrogen-bond acceptors (Lipinski definition) is 8. The summed E-state index contributed by atoms with van der Waals surface area (Å²) in [5.74, 6) is -0.246. The molecule has 0 spiro atoms. The van der Waals surface area contributed by atoms with Gasteiger partial charge in [0.25, 0.3) is 11.9 Å². The average molecular weight is 460 g/mol. The molecule has 4 N–H and O–H groups in total. The number of carbonyl (C=O) groups excluding carboxylic acids is 1. The fourth-order valence-electron chi connectivity index (χ4n) is 4.12. The van der Waals surface area contributed by atoms with Gasteiger partial charge in [0.15, 0.2) is 0 Å². The van der Waals surface area contributed by atoms with Gasteiger partial charge in [-0.1, -0.05) is 24.3 Å². The van der Waals surface area contributed by atoms with Gasteiger partial charge in [-0.3, -0.25) is 4.79 Å². The van der Waals surface area contributed by atoms with E-state index in [1.54, 1.807) is 61.7 Å². The normalized spacial score (nSPS) is 15.1. The molecule has 34 heavy (non-hydrogen) atoms. The Hall–Kier alpha value is -4.73. The number of primary amides is 1. The van der Waals surface area contributed by atoms with Crippen molar-refractivity contribution in [1.82, 2.24) is 9.55 Å². The lowest BCUT2D eigenvalue weighted by atomic mass is 9.86. The molecule has 0 fully saturated rings. The van der Waals surface area contributed by atoms with Crippen LogP contribution in [-0.4, -0.2) is 29.7 Å². The van der Waals surface area contributed by atoms with E-state index in [1.807, 2.05) is 0 Å². The highest BCUT2D eigenvalue weighted by atomic mass is 16.5. The van der Waals surface area contributed by atoms with E-state index in [4.69, 9.17) is 29.8 Å². The Morgan fingerprint density at radius 2 is 1.79 bits per heavy atom. The zero-order chi connectivity index (χ0) is 24.0. The van der Waals surface area contributed by atoms with Gasteiger partial charge in [-0.2, -0.15) is 4.98 Å². The molecule has 5 rings (SSSR count). The Balaban J connectivity index is 1.87. The quantitative estimate of drug-likeness (QED) is 0.440. The third kappa shape index (κ3) is 3.32. The predicted molar refractivity (Wildman–Crippen MR) is 122 cm³/mol. The van der Waals surface area contributed by atoms with E-state index in [1.165, 1.54) is 11.7 Å². The van der Waals surface area contributed by atoms with Crippen molar-refractivity contribution in [2.24, 2.45) is 5.73 Å². The zero-order valence-corrected chi connectivity index (χ0v) is 18.3. The van der Waals surface area contributed by atoms with Gasteiger partial charge < -0.3 is 29.8 Å². The summed E-state index contributed by atoms with van der Waals surface area (Å²) in [6, 6.07) is 14.0. The highest BCUT2D eigenvalue weighted by Crippen LogP contribution is 2.38. The molecule has 0 radical (unpaired) electrons. The summed E-state index contributed by atoms with van der Waals surface area (Å²) >= 11 is 0. The van der Waals surface area contributed by atoms with Crippen molar-refractivity contribution in [2.45, 2.75) is 5.92 Å². The monoisotopic (exact) mass is 460 g/mol. The second-order valence-electron chi connectivity index (χ2n) is 7.57. The van der Waals surface area contributed by atoms with Crippen molar-refractivity contribution in [3.8, 4) is 17.4 Å². The smallest absolute Gasteiger partial charge is 0.362 e. The second kappa shape index (κ2) is 8.00. The minimum Gasteiger partial charge on any atom is -0.497 e. The summed E-state index contributed by atoms with van der Waals surface area (Å²) in [6.07, 6.45) is 1.59. The summed E-state index contributed by atoms with van der Waals surface area (Å²) < 4.78 is 23.2. The number of rotatable bonds is 5. The Labute approximate surface area is 192 Å². The van der Waals surface area contributed by atoms with Gasteiger partial charge in [0, 0.05) is 0 Å². The maximum Gasteiger partial charge on any atom is 0.362 e. The summed E-state index contributed by atoms with van der Waals surface area (Å²) in [7, 11) is 3.08. The van der Waals surface area contributed by atoms with Crippen molar-refractivity contribution >= 4 is 23.6 Å². The molecule has 4 aromatic rings. The number of benzene rings is 2. The molecule has 1 atom stereocenters. The molecule has 2 aromatic heterocycles. The SMILES string of the molecule is COc1cccc(/C=c2\c(=O)oc3n2-c2oc(N)nc2[C@@H](c2cccc(OC)c2)C=3C(N)=O)c1. The minimum absolute atomic E-state index is 0.0384. The summed E-state index contributed by atoms with van der Waals surface area (Å²) in [6.45, 7) is 0. The zero-order valence-electron chi connectivity index (χ0n) is 18.3. The van der Waals surface area contributed by atoms with E-state index in [-0.39, 0.29) is 28.4 Å². The molecular weight excluding hydrogens is 440 g/mol. The van der Waals surface area contributed by atoms with Crippen LogP contribution in [0.3, 0.4) is 0 Å². The lowest BCUT2D eigenvalue weighted by Crippen LogP contribution is -2.38. The number of oxazole rings is 2. The van der Waals surface area contributed by atoms with Gasteiger partial charge >= 0.3 is 5.63 Å². The molecule has 0 bridgehead atoms. The van der Waals surface area contributed by atoms with E-state index in [9.17, 15) is 9.59 Å². The first-order chi connectivity index (χ1) is 16.4. The van der Waals surface area contributed by atoms with E-state index < -0.39 is 17.5 Å². The number of ether oxygens (including phenoxy) is 2. The summed E-state index contributed by atoms with van der Waals surface area (Å²) in [5, 5.41) is 0.100. The van der Waals surface area contributed by atoms with Crippen molar-refractivity contribution in [1.29, 1.82) is 0 Å². The van der Waals surface area contributed by atoms with Crippen molar-refractivity contribution in [2.75, 3.05) is 20.0 Å². The van der Waals surface area contributed by atoms with Crippen LogP contribution in [0.4, 0.5) is 6.01 Å². The Morgan fingerprint density at radius 1 is 1.09 bits per heavy atom. The van der Waals surface area contributed by atoms with Crippen molar-refractivity contribution in [3.05, 3.63) is 86.7 Å². The largest absolute Gasteiger partial charge is 0.497 e. The van der Waals surface area contributed by atoms with E-state index in [2.05, 4.69) is 4.98 Å². The number of amides is 1. The van der Waals surface area contributed by atoms with Crippen LogP contribution in [0, 0.1) is 0 Å². The number of hydrogen-bond donors (Lipinski definition) is 2. The molecule has 1 aliphatic heterocycles. The third-order valence-electron chi connectivity index (χ3n) is 5.58. The number of anilines is 1. The number of nitrogens with two attached hydrogens (primary N) is 2. The highest BCUT2D eigenvalue weighted by molar-refractivity contribution is 6.15. The Bertz CT molecular complexity index is 1610. The molecule has 172 valence electrons. The number of nitrogen functional groups attached to an aromatic ring is 1. The van der Waals surface area contributed by atoms with Crippen LogP contribution in [-0.2, 0) is 4.79 Å². The van der Waals surface area contributed by atoms with Crippen LogP contribution >= 0.6 is 0 Å². The average Bonchev–Trinajstić information content (AvgIpc) is 3.37. The summed E-state index contributed by atoms with van der Waals surface area (Å²) in [4.78, 5) is 30.0. The van der Waals surface area contributed by atoms with Crippen LogP contribution in [0.15, 0.2) is 62.2 Å². The Kier molecular flexibility index (Phi) is 4.97. The number of aromatic nitrogens is 2. The second-order valence-corrected chi connectivity index (χ2v) is 7.57. The third-order valence-corrected chi connectivity index (χ3v) is 5.58. The van der Waals surface area contributed by atoms with Gasteiger partial charge in [0.05, 0.1) is 25.7 Å². The fraction of sp³-hybridized carbons (Fsp3) is 0.125. The molecule has 0 saturated carbocycles. The van der Waals surface area contributed by atoms with Gasteiger partial charge in [-0.05, 0) is 41.5 Å². The maximum absolute atomic E-state index is 13.0. The molecule has 10 heteroatoms. The number of nitrogens with zero attached hydrogens (tertiary/aromatic N) is 2. The lowest BCUT2D eigenvalue weighted by molar-refractivity contribution is -0.113. The van der Waals surface area contributed by atoms with Crippen LogP contribution in [0.5, 0.6) is 11.5 Å². The first-order valence-corrected chi connectivity index (χ1v) is 10.2. The van der Waals surface area contributed by atoms with Crippen molar-refractivity contribution < 1.29 is 23.1 Å². The number of methoxy groups -OCH3 is 2. The first kappa shape index (κ1) is 21.1. The first-order valence-electron chi connectivity index (χ1n) is 10.2. The van der Waals surface area contributed by atoms with Crippen LogP contribution in [0.25, 0.3) is 17.5 Å². The van der Waals surface area contributed by atoms with Gasteiger partial charge in [0.2, 0.25) is 11.4 Å². The molecule has 0 saturated heterocycles. The molecule has 3 heterocycles. The van der Waals surface area contributed by atoms with Gasteiger partial charge in [-0.25, -0.2) is 9.36 Å². The lowest BCUT2D eigenvalue weighted by Gasteiger charge is -2.21. The van der Waals surface area contributed by atoms with Crippen LogP contribution in [0.1, 0.15) is 22.7 Å². The number of carbonyl (C=O) groups is 1. The molecule has 0 aliphatic carbocycles. The minimum atomic E-state index is -0.793. The van der Waals surface area contributed by atoms with Crippen molar-refractivity contribution in [3.63, 3.8) is 0 Å². The number of fused-ring (bicyclic) bond motifs is 3. The molecular formula is C24H20N4O6. The van der Waals surface area contributed by atoms with E-state index >= 15 is 0 Å². The molecule has 1 aliphatic rings. The van der Waals surface area contributed by atoms with Crippen LogP contribution in [0.2, 0.25) is 0 Å². The molecule has 0 unspecified atom stereocenters. The standard InChI is InChI=1S/C24H20N4O6/c1-31-14-7-3-5-12(9-14)10-16-23(30)33-21-18(20(25)29)17(13-6-4-8-15(11-13)32-2)19-22(28(16)21)34-24(26)27-19/h3-11,17H,1-2H3,(H2,25,29)(H2,26,27)/b16-10+/t17-/m0/s1.